The van der Waals surface area contributed by atoms with Crippen LogP contribution in [0.3, 0.4) is 0 Å². The zero-order valence-electron chi connectivity index (χ0n) is 20.4. The molecule has 3 aliphatic heterocycles. The van der Waals surface area contributed by atoms with Gasteiger partial charge < -0.3 is 23.7 Å². The van der Waals surface area contributed by atoms with Crippen LogP contribution in [0.1, 0.15) is 80.1 Å². The van der Waals surface area contributed by atoms with Crippen LogP contribution >= 0.6 is 11.6 Å². The summed E-state index contributed by atoms with van der Waals surface area (Å²) in [5.41, 5.74) is 6.16. The molecule has 0 unspecified atom stereocenters. The molecule has 2 saturated carbocycles. The Bertz CT molecular complexity index is 1020. The summed E-state index contributed by atoms with van der Waals surface area (Å²) in [5, 5.41) is 0.475. The molecule has 2 N–H and O–H groups in total. The van der Waals surface area contributed by atoms with Crippen molar-refractivity contribution < 1.29 is 33.3 Å². The topological polar surface area (TPSA) is 104 Å². The third-order valence-corrected chi connectivity index (χ3v) is 8.51. The number of halogens is 1. The minimum absolute atomic E-state index is 0.335. The van der Waals surface area contributed by atoms with Crippen molar-refractivity contribution in [2.45, 2.75) is 113 Å². The molecule has 1 aromatic rings. The van der Waals surface area contributed by atoms with Crippen LogP contribution in [-0.4, -0.2) is 54.1 Å². The summed E-state index contributed by atoms with van der Waals surface area (Å²) in [6, 6.07) is 4.96. The van der Waals surface area contributed by atoms with Crippen molar-refractivity contribution >= 4 is 23.4 Å². The van der Waals surface area contributed by atoms with E-state index >= 15 is 0 Å². The molecule has 36 heavy (non-hydrogen) atoms. The first-order valence-corrected chi connectivity index (χ1v) is 13.5. The van der Waals surface area contributed by atoms with Crippen LogP contribution in [0.2, 0.25) is 5.02 Å². The monoisotopic (exact) mass is 520 g/mol. The molecule has 5 fully saturated rings. The highest BCUT2D eigenvalue weighted by atomic mass is 35.5. The lowest BCUT2D eigenvalue weighted by Crippen LogP contribution is -2.61. The van der Waals surface area contributed by atoms with Crippen molar-refractivity contribution in [3.05, 3.63) is 34.3 Å². The lowest BCUT2D eigenvalue weighted by atomic mass is 9.94. The smallest absolute Gasteiger partial charge is 0.270 e. The van der Waals surface area contributed by atoms with Crippen LogP contribution in [0.15, 0.2) is 18.2 Å². The average Bonchev–Trinajstić information content (AvgIpc) is 3.42. The van der Waals surface area contributed by atoms with Crippen LogP contribution in [0.25, 0.3) is 0 Å². The minimum atomic E-state index is -1.03. The highest BCUT2D eigenvalue weighted by Crippen LogP contribution is 2.50. The first-order chi connectivity index (χ1) is 17.4. The van der Waals surface area contributed by atoms with E-state index in [2.05, 4.69) is 10.9 Å². The number of carbonyl (C=O) groups excluding carboxylic acids is 2. The Kier molecular flexibility index (Phi) is 6.50. The van der Waals surface area contributed by atoms with Crippen molar-refractivity contribution in [2.24, 2.45) is 0 Å². The Morgan fingerprint density at radius 1 is 0.833 bits per heavy atom. The Balaban J connectivity index is 1.19. The van der Waals surface area contributed by atoms with Crippen molar-refractivity contribution in [1.29, 1.82) is 0 Å². The van der Waals surface area contributed by atoms with Gasteiger partial charge in [-0.25, -0.2) is 0 Å². The second-order valence-electron chi connectivity index (χ2n) is 10.6. The van der Waals surface area contributed by atoms with Gasteiger partial charge in [-0.3, -0.25) is 20.4 Å². The van der Waals surface area contributed by atoms with E-state index in [1.54, 1.807) is 18.2 Å². The van der Waals surface area contributed by atoms with Crippen molar-refractivity contribution in [3.8, 4) is 0 Å². The maximum atomic E-state index is 13.3. The highest BCUT2D eigenvalue weighted by Gasteiger charge is 2.65. The summed E-state index contributed by atoms with van der Waals surface area (Å²) in [6.07, 6.45) is 6.04. The molecule has 0 radical (unpaired) electrons. The molecule has 3 saturated heterocycles. The molecule has 6 rings (SSSR count). The number of benzene rings is 1. The van der Waals surface area contributed by atoms with Gasteiger partial charge in [0, 0.05) is 36.3 Å². The normalized spacial score (nSPS) is 34.2. The molecule has 9 nitrogen and oxygen atoms in total. The van der Waals surface area contributed by atoms with Gasteiger partial charge in [-0.1, -0.05) is 30.5 Å². The molecule has 196 valence electrons. The lowest BCUT2D eigenvalue weighted by molar-refractivity contribution is -0.247. The van der Waals surface area contributed by atoms with Crippen LogP contribution in [-0.2, 0) is 28.5 Å². The van der Waals surface area contributed by atoms with E-state index in [1.165, 1.54) is 0 Å². The molecule has 0 aromatic heterocycles. The van der Waals surface area contributed by atoms with E-state index < -0.39 is 54.1 Å². The van der Waals surface area contributed by atoms with Crippen LogP contribution in [0.4, 0.5) is 0 Å². The summed E-state index contributed by atoms with van der Waals surface area (Å²) < 4.78 is 32.0. The van der Waals surface area contributed by atoms with E-state index in [4.69, 9.17) is 35.3 Å². The molecule has 0 bridgehead atoms. The van der Waals surface area contributed by atoms with E-state index in [1.807, 2.05) is 6.92 Å². The van der Waals surface area contributed by atoms with E-state index in [0.717, 1.165) is 69.8 Å². The number of rotatable bonds is 2. The van der Waals surface area contributed by atoms with Gasteiger partial charge in [-0.2, -0.15) is 0 Å². The van der Waals surface area contributed by atoms with Gasteiger partial charge in [0.05, 0.1) is 0 Å². The average molecular weight is 521 g/mol. The van der Waals surface area contributed by atoms with Crippen LogP contribution < -0.4 is 10.9 Å². The number of hydrogen-bond acceptors (Lipinski definition) is 7. The number of ether oxygens (including phenoxy) is 5. The molecule has 3 heterocycles. The van der Waals surface area contributed by atoms with Gasteiger partial charge in [0.2, 0.25) is 0 Å². The number of fused-ring (bicyclic) bond motifs is 3. The largest absolute Gasteiger partial charge is 0.341 e. The zero-order valence-corrected chi connectivity index (χ0v) is 21.2. The number of hydrogen-bond donors (Lipinski definition) is 2. The number of nitrogens with one attached hydrogen (secondary N) is 2. The molecular weight excluding hydrogens is 488 g/mol. The standard InChI is InChI=1S/C26H33ClN2O7/c1-15-8-9-16(14-17(15)27)22(30)28-29-23(31)20-18-19(34-25(33-18)10-4-2-5-11-25)21-24(32-20)36-26(35-21)12-6-3-7-13-26/h8-9,14,18-21,24H,2-7,10-13H2,1H3,(H,28,30)(H,29,31)/t18-,19+,20+,21+,24+/m0/s1. The Morgan fingerprint density at radius 3 is 2.11 bits per heavy atom. The molecule has 2 aliphatic carbocycles. The van der Waals surface area contributed by atoms with Crippen molar-refractivity contribution in [3.63, 3.8) is 0 Å². The molecular formula is C26H33ClN2O7. The first kappa shape index (κ1) is 24.6. The quantitative estimate of drug-likeness (QED) is 0.573. The third kappa shape index (κ3) is 4.44. The number of carbonyl (C=O) groups is 2. The van der Waals surface area contributed by atoms with Crippen molar-refractivity contribution in [2.75, 3.05) is 0 Å². The fourth-order valence-electron chi connectivity index (χ4n) is 6.16. The molecule has 5 aliphatic rings. The van der Waals surface area contributed by atoms with E-state index in [9.17, 15) is 9.59 Å². The molecule has 5 atom stereocenters. The maximum absolute atomic E-state index is 13.3. The van der Waals surface area contributed by atoms with Gasteiger partial charge in [0.25, 0.3) is 11.8 Å². The molecule has 2 amide bonds. The van der Waals surface area contributed by atoms with Gasteiger partial charge in [0.15, 0.2) is 24.0 Å². The molecule has 1 aromatic carbocycles. The Morgan fingerprint density at radius 2 is 1.44 bits per heavy atom. The SMILES string of the molecule is Cc1ccc(C(=O)NNC(=O)[C@@H]2O[C@@H]3OC4(CCCCC4)O[C@@H]3[C@@H]3OC4(CCCCC4)O[C@@H]32)cc1Cl. The fourth-order valence-corrected chi connectivity index (χ4v) is 6.34. The predicted molar refractivity (Wildman–Crippen MR) is 128 cm³/mol. The summed E-state index contributed by atoms with van der Waals surface area (Å²) >= 11 is 6.14. The molecule has 2 spiro atoms. The minimum Gasteiger partial charge on any atom is -0.341 e. The maximum Gasteiger partial charge on any atom is 0.270 e. The Labute approximate surface area is 215 Å². The Hall–Kier alpha value is -1.75. The second-order valence-corrected chi connectivity index (χ2v) is 11.0. The summed E-state index contributed by atoms with van der Waals surface area (Å²) in [4.78, 5) is 25.9. The zero-order chi connectivity index (χ0) is 24.9. The number of aryl methyl sites for hydroxylation is 1. The number of amides is 2. The second kappa shape index (κ2) is 9.53. The summed E-state index contributed by atoms with van der Waals surface area (Å²) in [6.45, 7) is 1.85. The van der Waals surface area contributed by atoms with Gasteiger partial charge >= 0.3 is 0 Å². The van der Waals surface area contributed by atoms with Gasteiger partial charge in [-0.05, 0) is 50.3 Å². The third-order valence-electron chi connectivity index (χ3n) is 8.10. The van der Waals surface area contributed by atoms with Gasteiger partial charge in [-0.15, -0.1) is 0 Å². The summed E-state index contributed by atoms with van der Waals surface area (Å²) in [5.74, 6) is -2.45. The summed E-state index contributed by atoms with van der Waals surface area (Å²) in [7, 11) is 0. The number of hydrazine groups is 1. The van der Waals surface area contributed by atoms with Crippen molar-refractivity contribution in [1.82, 2.24) is 10.9 Å². The predicted octanol–water partition coefficient (Wildman–Crippen LogP) is 3.65. The molecule has 10 heteroatoms. The van der Waals surface area contributed by atoms with Gasteiger partial charge in [0.1, 0.15) is 18.3 Å². The van der Waals surface area contributed by atoms with E-state index in [0.29, 0.717) is 10.6 Å². The fraction of sp³-hybridized carbons (Fsp3) is 0.692. The van der Waals surface area contributed by atoms with Crippen LogP contribution in [0, 0.1) is 6.92 Å². The van der Waals surface area contributed by atoms with E-state index in [-0.39, 0.29) is 0 Å². The van der Waals surface area contributed by atoms with Crippen LogP contribution in [0.5, 0.6) is 0 Å². The highest BCUT2D eigenvalue weighted by molar-refractivity contribution is 6.31. The lowest BCUT2D eigenvalue weighted by Gasteiger charge is -2.36. The first-order valence-electron chi connectivity index (χ1n) is 13.1.